The van der Waals surface area contributed by atoms with Gasteiger partial charge in [-0.1, -0.05) is 36.4 Å². The number of piperazine rings is 1. The number of benzene rings is 1. The molecule has 0 spiro atoms. The summed E-state index contributed by atoms with van der Waals surface area (Å²) in [5.41, 5.74) is 0.971. The molecule has 0 unspecified atom stereocenters. The molecule has 3 heterocycles. The molecule has 2 amide bonds. The third kappa shape index (κ3) is 4.14. The van der Waals surface area contributed by atoms with E-state index in [0.29, 0.717) is 50.7 Å². The molecule has 1 fully saturated rings. The number of hydrogen-bond donors (Lipinski definition) is 0. The topological polar surface area (TPSA) is 66.7 Å². The maximum atomic E-state index is 12.5. The van der Waals surface area contributed by atoms with Crippen LogP contribution in [-0.4, -0.2) is 52.8 Å². The van der Waals surface area contributed by atoms with Crippen LogP contribution in [0.3, 0.4) is 0 Å². The average molecular weight is 395 g/mol. The molecule has 0 saturated carbocycles. The summed E-state index contributed by atoms with van der Waals surface area (Å²) in [5.74, 6) is 1.40. The first-order valence-corrected chi connectivity index (χ1v) is 10.2. The van der Waals surface area contributed by atoms with E-state index in [-0.39, 0.29) is 11.8 Å². The van der Waals surface area contributed by atoms with Crippen molar-refractivity contribution in [1.29, 1.82) is 0 Å². The normalized spacial score (nSPS) is 14.3. The highest BCUT2D eigenvalue weighted by Crippen LogP contribution is 2.20. The molecule has 1 aromatic carbocycles. The molecule has 7 heteroatoms. The van der Waals surface area contributed by atoms with Crippen LogP contribution in [0.15, 0.2) is 58.5 Å². The molecule has 2 aromatic heterocycles. The van der Waals surface area contributed by atoms with E-state index in [2.05, 4.69) is 4.98 Å². The van der Waals surface area contributed by atoms with Gasteiger partial charge < -0.3 is 14.2 Å². The average Bonchev–Trinajstić information content (AvgIpc) is 3.44. The van der Waals surface area contributed by atoms with Crippen molar-refractivity contribution in [3.63, 3.8) is 0 Å². The first-order valence-electron chi connectivity index (χ1n) is 9.31. The van der Waals surface area contributed by atoms with Crippen molar-refractivity contribution >= 4 is 23.2 Å². The minimum Gasteiger partial charge on any atom is -0.441 e. The van der Waals surface area contributed by atoms with E-state index < -0.39 is 0 Å². The zero-order valence-electron chi connectivity index (χ0n) is 15.4. The molecule has 1 aliphatic rings. The molecule has 0 radical (unpaired) electrons. The van der Waals surface area contributed by atoms with Crippen molar-refractivity contribution in [3.05, 3.63) is 64.8 Å². The second-order valence-corrected chi connectivity index (χ2v) is 7.58. The lowest BCUT2D eigenvalue weighted by Crippen LogP contribution is -2.50. The van der Waals surface area contributed by atoms with E-state index in [0.717, 1.165) is 10.4 Å². The molecule has 1 aliphatic heterocycles. The predicted molar refractivity (Wildman–Crippen MR) is 107 cm³/mol. The lowest BCUT2D eigenvalue weighted by Gasteiger charge is -2.34. The van der Waals surface area contributed by atoms with Gasteiger partial charge in [0.2, 0.25) is 5.91 Å². The van der Waals surface area contributed by atoms with Crippen molar-refractivity contribution in [2.45, 2.75) is 12.8 Å². The van der Waals surface area contributed by atoms with Crippen molar-refractivity contribution in [2.24, 2.45) is 0 Å². The number of nitrogens with zero attached hydrogens (tertiary/aromatic N) is 3. The van der Waals surface area contributed by atoms with Crippen molar-refractivity contribution in [2.75, 3.05) is 26.2 Å². The summed E-state index contributed by atoms with van der Waals surface area (Å²) in [4.78, 5) is 33.6. The Kier molecular flexibility index (Phi) is 5.53. The Labute approximate surface area is 167 Å². The van der Waals surface area contributed by atoms with E-state index in [9.17, 15) is 9.59 Å². The van der Waals surface area contributed by atoms with Crippen molar-refractivity contribution in [3.8, 4) is 11.3 Å². The first-order chi connectivity index (χ1) is 13.7. The Morgan fingerprint density at radius 1 is 1.00 bits per heavy atom. The summed E-state index contributed by atoms with van der Waals surface area (Å²) in [6, 6.07) is 13.5. The number of rotatable bonds is 5. The third-order valence-corrected chi connectivity index (χ3v) is 5.67. The molecule has 0 atom stereocenters. The SMILES string of the molecule is O=C(CCc1ncc(-c2ccccc2)o1)N1CCN(C(=O)c2cccs2)CC1. The zero-order valence-corrected chi connectivity index (χ0v) is 16.2. The summed E-state index contributed by atoms with van der Waals surface area (Å²) in [6.07, 6.45) is 2.53. The number of carbonyl (C=O) groups excluding carboxylic acids is 2. The van der Waals surface area contributed by atoms with E-state index in [1.165, 1.54) is 11.3 Å². The lowest BCUT2D eigenvalue weighted by molar-refractivity contribution is -0.132. The van der Waals surface area contributed by atoms with Crippen LogP contribution in [0.4, 0.5) is 0 Å². The number of carbonyl (C=O) groups is 2. The Hall–Kier alpha value is -2.93. The van der Waals surface area contributed by atoms with Gasteiger partial charge in [-0.15, -0.1) is 11.3 Å². The Bertz CT molecular complexity index is 929. The number of amides is 2. The largest absolute Gasteiger partial charge is 0.441 e. The summed E-state index contributed by atoms with van der Waals surface area (Å²) in [5, 5.41) is 1.90. The molecular formula is C21H21N3O3S. The fourth-order valence-corrected chi connectivity index (χ4v) is 3.94. The van der Waals surface area contributed by atoms with Gasteiger partial charge >= 0.3 is 0 Å². The summed E-state index contributed by atoms with van der Waals surface area (Å²) >= 11 is 1.45. The number of thiophene rings is 1. The van der Waals surface area contributed by atoms with Crippen LogP contribution in [0.5, 0.6) is 0 Å². The van der Waals surface area contributed by atoms with Gasteiger partial charge in [0.25, 0.3) is 5.91 Å². The maximum absolute atomic E-state index is 12.5. The highest BCUT2D eigenvalue weighted by Gasteiger charge is 2.25. The van der Waals surface area contributed by atoms with Crippen LogP contribution in [0, 0.1) is 0 Å². The molecule has 0 bridgehead atoms. The molecule has 144 valence electrons. The molecule has 28 heavy (non-hydrogen) atoms. The van der Waals surface area contributed by atoms with E-state index >= 15 is 0 Å². The minimum atomic E-state index is 0.0512. The summed E-state index contributed by atoms with van der Waals surface area (Å²) in [7, 11) is 0. The quantitative estimate of drug-likeness (QED) is 0.665. The van der Waals surface area contributed by atoms with Gasteiger partial charge in [0.1, 0.15) is 0 Å². The van der Waals surface area contributed by atoms with Crippen LogP contribution in [0.25, 0.3) is 11.3 Å². The molecular weight excluding hydrogens is 374 g/mol. The van der Waals surface area contributed by atoms with E-state index in [4.69, 9.17) is 4.42 Å². The second-order valence-electron chi connectivity index (χ2n) is 6.63. The Balaban J connectivity index is 1.26. The molecule has 3 aromatic rings. The highest BCUT2D eigenvalue weighted by molar-refractivity contribution is 7.12. The molecule has 1 saturated heterocycles. The Morgan fingerprint density at radius 3 is 2.46 bits per heavy atom. The van der Waals surface area contributed by atoms with Crippen LogP contribution in [-0.2, 0) is 11.2 Å². The first kappa shape index (κ1) is 18.4. The standard InChI is InChI=1S/C21H21N3O3S/c25-20(9-8-19-22-15-17(27-19)16-5-2-1-3-6-16)23-10-12-24(13-11-23)21(26)18-7-4-14-28-18/h1-7,14-15H,8-13H2. The van der Waals surface area contributed by atoms with Crippen LogP contribution in [0.1, 0.15) is 22.0 Å². The smallest absolute Gasteiger partial charge is 0.264 e. The minimum absolute atomic E-state index is 0.0512. The summed E-state index contributed by atoms with van der Waals surface area (Å²) < 4.78 is 5.76. The molecule has 6 nitrogen and oxygen atoms in total. The van der Waals surface area contributed by atoms with Crippen LogP contribution in [0.2, 0.25) is 0 Å². The second kappa shape index (κ2) is 8.39. The van der Waals surface area contributed by atoms with Gasteiger partial charge in [0, 0.05) is 44.6 Å². The number of aryl methyl sites for hydroxylation is 1. The van der Waals surface area contributed by atoms with Gasteiger partial charge in [-0.3, -0.25) is 9.59 Å². The van der Waals surface area contributed by atoms with Gasteiger partial charge in [0.15, 0.2) is 11.7 Å². The molecule has 0 N–H and O–H groups in total. The fourth-order valence-electron chi connectivity index (χ4n) is 3.25. The van der Waals surface area contributed by atoms with Gasteiger partial charge in [0.05, 0.1) is 11.1 Å². The fraction of sp³-hybridized carbons (Fsp3) is 0.286. The third-order valence-electron chi connectivity index (χ3n) is 4.82. The van der Waals surface area contributed by atoms with E-state index in [1.54, 1.807) is 6.20 Å². The van der Waals surface area contributed by atoms with Crippen molar-refractivity contribution in [1.82, 2.24) is 14.8 Å². The maximum Gasteiger partial charge on any atom is 0.264 e. The molecule has 4 rings (SSSR count). The van der Waals surface area contributed by atoms with E-state index in [1.807, 2.05) is 57.6 Å². The number of hydrogen-bond acceptors (Lipinski definition) is 5. The van der Waals surface area contributed by atoms with Gasteiger partial charge in [-0.2, -0.15) is 0 Å². The number of aromatic nitrogens is 1. The zero-order chi connectivity index (χ0) is 19.3. The van der Waals surface area contributed by atoms with Crippen molar-refractivity contribution < 1.29 is 14.0 Å². The monoisotopic (exact) mass is 395 g/mol. The molecule has 0 aliphatic carbocycles. The van der Waals surface area contributed by atoms with Crippen LogP contribution < -0.4 is 0 Å². The lowest BCUT2D eigenvalue weighted by atomic mass is 10.2. The van der Waals surface area contributed by atoms with Crippen LogP contribution >= 0.6 is 11.3 Å². The van der Waals surface area contributed by atoms with Gasteiger partial charge in [-0.05, 0) is 11.4 Å². The highest BCUT2D eigenvalue weighted by atomic mass is 32.1. The number of oxazole rings is 1. The summed E-state index contributed by atoms with van der Waals surface area (Å²) in [6.45, 7) is 2.27. The predicted octanol–water partition coefficient (Wildman–Crippen LogP) is 3.32. The van der Waals surface area contributed by atoms with Gasteiger partial charge in [-0.25, -0.2) is 4.98 Å². The Morgan fingerprint density at radius 2 is 1.75 bits per heavy atom.